The van der Waals surface area contributed by atoms with Gasteiger partial charge in [0.05, 0.1) is 5.54 Å². The van der Waals surface area contributed by atoms with Gasteiger partial charge in [0.25, 0.3) is 5.91 Å². The number of hydrogen-bond acceptors (Lipinski definition) is 3. The molecule has 0 saturated heterocycles. The molecular formula is C15H26ClN3O2. The highest BCUT2D eigenvalue weighted by molar-refractivity contribution is 6.02. The van der Waals surface area contributed by atoms with Crippen molar-refractivity contribution in [1.29, 1.82) is 0 Å². The second kappa shape index (κ2) is 7.61. The molecule has 1 rings (SSSR count). The number of hydrogen-bond donors (Lipinski definition) is 3. The summed E-state index contributed by atoms with van der Waals surface area (Å²) in [5.74, 6) is -0.237. The highest BCUT2D eigenvalue weighted by atomic mass is 35.5. The van der Waals surface area contributed by atoms with Crippen molar-refractivity contribution in [1.82, 2.24) is 10.3 Å². The Morgan fingerprint density at radius 3 is 2.10 bits per heavy atom. The van der Waals surface area contributed by atoms with Gasteiger partial charge in [0.2, 0.25) is 0 Å². The third-order valence-corrected chi connectivity index (χ3v) is 4.14. The Hall–Kier alpha value is -1.33. The third kappa shape index (κ3) is 3.86. The molecule has 0 aliphatic carbocycles. The lowest BCUT2D eigenvalue weighted by Crippen LogP contribution is -2.53. The Morgan fingerprint density at radius 2 is 1.76 bits per heavy atom. The summed E-state index contributed by atoms with van der Waals surface area (Å²) in [5, 5.41) is 3.01. The second-order valence-corrected chi connectivity index (χ2v) is 5.33. The fourth-order valence-corrected chi connectivity index (χ4v) is 2.57. The van der Waals surface area contributed by atoms with Gasteiger partial charge < -0.3 is 16.0 Å². The van der Waals surface area contributed by atoms with E-state index in [0.29, 0.717) is 23.4 Å². The molecule has 6 heteroatoms. The average molecular weight is 316 g/mol. The van der Waals surface area contributed by atoms with E-state index in [-0.39, 0.29) is 29.6 Å². The van der Waals surface area contributed by atoms with E-state index in [0.717, 1.165) is 18.5 Å². The Balaban J connectivity index is 0.00000400. The number of nitrogens with two attached hydrogens (primary N) is 1. The average Bonchev–Trinajstić information content (AvgIpc) is 2.71. The first-order chi connectivity index (χ1) is 9.31. The number of ketones is 1. The van der Waals surface area contributed by atoms with E-state index in [1.807, 2.05) is 13.8 Å². The number of amides is 1. The van der Waals surface area contributed by atoms with Crippen molar-refractivity contribution in [3.63, 3.8) is 0 Å². The highest BCUT2D eigenvalue weighted by Crippen LogP contribution is 2.20. The number of H-pyrrole nitrogens is 1. The van der Waals surface area contributed by atoms with Gasteiger partial charge in [-0.25, -0.2) is 0 Å². The first-order valence-corrected chi connectivity index (χ1v) is 7.04. The molecular weight excluding hydrogens is 290 g/mol. The van der Waals surface area contributed by atoms with Crippen LogP contribution in [-0.4, -0.2) is 28.8 Å². The Bertz CT molecular complexity index is 511. The number of carbonyl (C=O) groups excluding carboxylic acids is 2. The second-order valence-electron chi connectivity index (χ2n) is 5.33. The predicted octanol–water partition coefficient (Wildman–Crippen LogP) is 2.50. The predicted molar refractivity (Wildman–Crippen MR) is 87.4 cm³/mol. The number of aromatic amines is 1. The summed E-state index contributed by atoms with van der Waals surface area (Å²) in [5.41, 5.74) is 7.89. The number of rotatable bonds is 6. The van der Waals surface area contributed by atoms with Crippen LogP contribution in [0.15, 0.2) is 0 Å². The van der Waals surface area contributed by atoms with Crippen LogP contribution in [0.2, 0.25) is 0 Å². The molecule has 120 valence electrons. The number of carbonyl (C=O) groups is 2. The molecule has 0 spiro atoms. The summed E-state index contributed by atoms with van der Waals surface area (Å²) in [7, 11) is 0. The van der Waals surface area contributed by atoms with Gasteiger partial charge in [-0.15, -0.1) is 12.4 Å². The first-order valence-electron chi connectivity index (χ1n) is 7.04. The Kier molecular flexibility index (Phi) is 7.13. The van der Waals surface area contributed by atoms with E-state index in [1.165, 1.54) is 6.92 Å². The van der Waals surface area contributed by atoms with Crippen LogP contribution in [-0.2, 0) is 0 Å². The minimum Gasteiger partial charge on any atom is -0.354 e. The number of Topliss-reactive ketones (excluding diaryl/α,β-unsaturated/α-hetero) is 1. The van der Waals surface area contributed by atoms with Gasteiger partial charge in [-0.2, -0.15) is 0 Å². The van der Waals surface area contributed by atoms with Crippen molar-refractivity contribution in [3.05, 3.63) is 22.5 Å². The van der Waals surface area contributed by atoms with Crippen LogP contribution in [0.3, 0.4) is 0 Å². The van der Waals surface area contributed by atoms with Crippen LogP contribution in [0, 0.1) is 13.8 Å². The van der Waals surface area contributed by atoms with Crippen LogP contribution in [0.25, 0.3) is 0 Å². The summed E-state index contributed by atoms with van der Waals surface area (Å²) >= 11 is 0. The molecule has 0 unspecified atom stereocenters. The number of aromatic nitrogens is 1. The van der Waals surface area contributed by atoms with E-state index in [1.54, 1.807) is 13.8 Å². The quantitative estimate of drug-likeness (QED) is 0.705. The van der Waals surface area contributed by atoms with Gasteiger partial charge in [0.15, 0.2) is 5.78 Å². The minimum atomic E-state index is -0.390. The largest absolute Gasteiger partial charge is 0.354 e. The lowest BCUT2D eigenvalue weighted by atomic mass is 9.92. The van der Waals surface area contributed by atoms with E-state index in [2.05, 4.69) is 10.3 Å². The zero-order valence-corrected chi connectivity index (χ0v) is 14.2. The van der Waals surface area contributed by atoms with Crippen molar-refractivity contribution in [2.45, 2.75) is 53.0 Å². The van der Waals surface area contributed by atoms with Gasteiger partial charge in [-0.1, -0.05) is 13.8 Å². The summed E-state index contributed by atoms with van der Waals surface area (Å²) in [6, 6.07) is 0. The monoisotopic (exact) mass is 315 g/mol. The topological polar surface area (TPSA) is 88.0 Å². The standard InChI is InChI=1S/C15H25N3O2.ClH/c1-6-15(7-2,8-16)18-14(20)13-9(3)12(11(5)19)10(4)17-13;/h17H,6-8,16H2,1-5H3,(H,18,20);1H. The maximum absolute atomic E-state index is 12.4. The van der Waals surface area contributed by atoms with Crippen LogP contribution >= 0.6 is 12.4 Å². The van der Waals surface area contributed by atoms with Crippen LogP contribution in [0.4, 0.5) is 0 Å². The molecule has 0 radical (unpaired) electrons. The molecule has 1 heterocycles. The molecule has 0 saturated carbocycles. The van der Waals surface area contributed by atoms with Crippen molar-refractivity contribution >= 4 is 24.1 Å². The van der Waals surface area contributed by atoms with Gasteiger partial charge in [-0.3, -0.25) is 9.59 Å². The fraction of sp³-hybridized carbons (Fsp3) is 0.600. The summed E-state index contributed by atoms with van der Waals surface area (Å²) in [4.78, 5) is 27.1. The highest BCUT2D eigenvalue weighted by Gasteiger charge is 2.29. The van der Waals surface area contributed by atoms with Gasteiger partial charge in [0.1, 0.15) is 5.69 Å². The normalized spacial score (nSPS) is 11.0. The van der Waals surface area contributed by atoms with Crippen LogP contribution in [0.5, 0.6) is 0 Å². The van der Waals surface area contributed by atoms with E-state index in [4.69, 9.17) is 5.73 Å². The van der Waals surface area contributed by atoms with Gasteiger partial charge in [0, 0.05) is 17.8 Å². The van der Waals surface area contributed by atoms with Crippen molar-refractivity contribution < 1.29 is 9.59 Å². The van der Waals surface area contributed by atoms with Crippen molar-refractivity contribution in [3.8, 4) is 0 Å². The molecule has 0 aliphatic rings. The lowest BCUT2D eigenvalue weighted by Gasteiger charge is -2.31. The Morgan fingerprint density at radius 1 is 1.24 bits per heavy atom. The molecule has 0 aromatic carbocycles. The zero-order chi connectivity index (χ0) is 15.5. The Labute approximate surface area is 132 Å². The van der Waals surface area contributed by atoms with Gasteiger partial charge >= 0.3 is 0 Å². The first kappa shape index (κ1) is 19.7. The molecule has 1 aromatic rings. The summed E-state index contributed by atoms with van der Waals surface area (Å²) in [6.07, 6.45) is 1.54. The molecule has 1 aromatic heterocycles. The van der Waals surface area contributed by atoms with Crippen molar-refractivity contribution in [2.24, 2.45) is 5.73 Å². The molecule has 0 bridgehead atoms. The molecule has 4 N–H and O–H groups in total. The fourth-order valence-electron chi connectivity index (χ4n) is 2.57. The minimum absolute atomic E-state index is 0. The summed E-state index contributed by atoms with van der Waals surface area (Å²) in [6.45, 7) is 9.50. The molecule has 0 aliphatic heterocycles. The SMILES string of the molecule is CCC(CC)(CN)NC(=O)c1[nH]c(C)c(C(C)=O)c1C.Cl. The van der Waals surface area contributed by atoms with Crippen LogP contribution < -0.4 is 11.1 Å². The van der Waals surface area contributed by atoms with E-state index in [9.17, 15) is 9.59 Å². The zero-order valence-electron chi connectivity index (χ0n) is 13.4. The van der Waals surface area contributed by atoms with E-state index < -0.39 is 0 Å². The molecule has 5 nitrogen and oxygen atoms in total. The molecule has 0 atom stereocenters. The maximum Gasteiger partial charge on any atom is 0.268 e. The number of halogens is 1. The number of nitrogens with one attached hydrogen (secondary N) is 2. The summed E-state index contributed by atoms with van der Waals surface area (Å²) < 4.78 is 0. The van der Waals surface area contributed by atoms with Gasteiger partial charge in [-0.05, 0) is 39.2 Å². The molecule has 1 amide bonds. The smallest absolute Gasteiger partial charge is 0.268 e. The van der Waals surface area contributed by atoms with E-state index >= 15 is 0 Å². The maximum atomic E-state index is 12.4. The third-order valence-electron chi connectivity index (χ3n) is 4.14. The van der Waals surface area contributed by atoms with Crippen LogP contribution in [0.1, 0.15) is 65.7 Å². The lowest BCUT2D eigenvalue weighted by molar-refractivity contribution is 0.0890. The van der Waals surface area contributed by atoms with Crippen molar-refractivity contribution in [2.75, 3.05) is 6.54 Å². The number of aryl methyl sites for hydroxylation is 1. The molecule has 21 heavy (non-hydrogen) atoms. The molecule has 0 fully saturated rings.